The van der Waals surface area contributed by atoms with Gasteiger partial charge in [-0.25, -0.2) is 9.59 Å². The van der Waals surface area contributed by atoms with E-state index in [0.29, 0.717) is 35.2 Å². The molecular formula is C21H22ClNO4S. The zero-order valence-electron chi connectivity index (χ0n) is 15.8. The minimum absolute atomic E-state index is 0.399. The number of thiophene rings is 1. The minimum Gasteiger partial charge on any atom is -0.480 e. The average molecular weight is 420 g/mol. The number of fused-ring (bicyclic) bond motifs is 1. The summed E-state index contributed by atoms with van der Waals surface area (Å²) in [5.74, 6) is -1.35. The highest BCUT2D eigenvalue weighted by molar-refractivity contribution is 7.14. The first-order valence-electron chi connectivity index (χ1n) is 9.09. The van der Waals surface area contributed by atoms with E-state index in [-0.39, 0.29) is 0 Å². The van der Waals surface area contributed by atoms with Gasteiger partial charge in [0.1, 0.15) is 5.54 Å². The fourth-order valence-electron chi connectivity index (χ4n) is 3.36. The van der Waals surface area contributed by atoms with Crippen molar-refractivity contribution >= 4 is 34.9 Å². The molecule has 0 saturated heterocycles. The summed E-state index contributed by atoms with van der Waals surface area (Å²) in [7, 11) is 0. The van der Waals surface area contributed by atoms with E-state index in [1.54, 1.807) is 37.3 Å². The smallest absolute Gasteiger partial charge is 0.336 e. The normalized spacial score (nSPS) is 16.5. The Hall–Kier alpha value is -2.15. The standard InChI is InChI=1S/C21H22ClNO4S/c1-3-4-9-18(24)27-19-12-14-13-23(11-10-17(14)28-19)21(2,20(25)26)15-7-5-6-8-16(15)22/h4-9,12H,3,10-11,13H2,1-2H3,(H,25,26). The number of hydrogen-bond donors (Lipinski definition) is 1. The Morgan fingerprint density at radius 2 is 2.14 bits per heavy atom. The Morgan fingerprint density at radius 3 is 2.82 bits per heavy atom. The number of allylic oxidation sites excluding steroid dienone is 1. The van der Waals surface area contributed by atoms with Crippen LogP contribution in [0.2, 0.25) is 5.02 Å². The maximum atomic E-state index is 12.3. The minimum atomic E-state index is -1.25. The molecule has 0 saturated carbocycles. The Bertz CT molecular complexity index is 923. The van der Waals surface area contributed by atoms with Crippen molar-refractivity contribution in [3.05, 3.63) is 63.5 Å². The predicted octanol–water partition coefficient (Wildman–Crippen LogP) is 4.63. The van der Waals surface area contributed by atoms with E-state index < -0.39 is 17.5 Å². The van der Waals surface area contributed by atoms with E-state index in [1.807, 2.05) is 17.9 Å². The first-order chi connectivity index (χ1) is 13.4. The van der Waals surface area contributed by atoms with Crippen LogP contribution >= 0.6 is 22.9 Å². The maximum absolute atomic E-state index is 12.3. The molecule has 1 aliphatic heterocycles. The number of aliphatic carboxylic acids is 1. The SMILES string of the molecule is CCC=CC(=O)Oc1cc2c(s1)CCN(C(C)(C(=O)O)c1ccccc1Cl)C2. The molecule has 1 aliphatic rings. The second kappa shape index (κ2) is 8.47. The molecule has 7 heteroatoms. The van der Waals surface area contributed by atoms with Crippen molar-refractivity contribution in [3.63, 3.8) is 0 Å². The molecule has 3 rings (SSSR count). The number of carbonyl (C=O) groups is 2. The summed E-state index contributed by atoms with van der Waals surface area (Å²) < 4.78 is 5.38. The number of ether oxygens (including phenoxy) is 1. The van der Waals surface area contributed by atoms with Gasteiger partial charge in [-0.05, 0) is 37.5 Å². The number of halogens is 1. The van der Waals surface area contributed by atoms with Crippen LogP contribution in [0.1, 0.15) is 36.3 Å². The van der Waals surface area contributed by atoms with Crippen LogP contribution in [-0.2, 0) is 28.1 Å². The van der Waals surface area contributed by atoms with Crippen molar-refractivity contribution in [1.82, 2.24) is 4.90 Å². The molecule has 1 aromatic carbocycles. The lowest BCUT2D eigenvalue weighted by atomic mass is 9.88. The Balaban J connectivity index is 1.85. The molecule has 0 spiro atoms. The maximum Gasteiger partial charge on any atom is 0.336 e. The van der Waals surface area contributed by atoms with Gasteiger partial charge < -0.3 is 9.84 Å². The van der Waals surface area contributed by atoms with E-state index in [1.165, 1.54) is 17.4 Å². The molecule has 5 nitrogen and oxygen atoms in total. The number of carboxylic acid groups (broad SMARTS) is 1. The highest BCUT2D eigenvalue weighted by atomic mass is 35.5. The molecule has 0 amide bonds. The van der Waals surface area contributed by atoms with Crippen molar-refractivity contribution in [2.75, 3.05) is 6.54 Å². The number of carboxylic acids is 1. The van der Waals surface area contributed by atoms with E-state index in [2.05, 4.69) is 0 Å². The molecule has 0 aliphatic carbocycles. The highest BCUT2D eigenvalue weighted by Gasteiger charge is 2.44. The predicted molar refractivity (Wildman–Crippen MR) is 110 cm³/mol. The van der Waals surface area contributed by atoms with Crippen molar-refractivity contribution in [3.8, 4) is 5.06 Å². The Labute approximate surface area is 173 Å². The van der Waals surface area contributed by atoms with Gasteiger partial charge in [-0.3, -0.25) is 4.90 Å². The highest BCUT2D eigenvalue weighted by Crippen LogP contribution is 2.40. The van der Waals surface area contributed by atoms with E-state index in [9.17, 15) is 14.7 Å². The zero-order valence-corrected chi connectivity index (χ0v) is 17.3. The van der Waals surface area contributed by atoms with Crippen molar-refractivity contribution < 1.29 is 19.4 Å². The molecule has 0 bridgehead atoms. The monoisotopic (exact) mass is 419 g/mol. The summed E-state index contributed by atoms with van der Waals surface area (Å²) in [4.78, 5) is 27.1. The molecule has 0 fully saturated rings. The summed E-state index contributed by atoms with van der Waals surface area (Å²) in [6.07, 6.45) is 4.62. The molecule has 2 aromatic rings. The third kappa shape index (κ3) is 3.99. The summed E-state index contributed by atoms with van der Waals surface area (Å²) in [5.41, 5.74) is 0.302. The quantitative estimate of drug-likeness (QED) is 0.546. The average Bonchev–Trinajstić information content (AvgIpc) is 3.07. The van der Waals surface area contributed by atoms with Gasteiger partial charge in [0, 0.05) is 34.6 Å². The van der Waals surface area contributed by atoms with Gasteiger partial charge in [-0.2, -0.15) is 0 Å². The first kappa shape index (κ1) is 20.6. The number of rotatable bonds is 6. The molecule has 28 heavy (non-hydrogen) atoms. The van der Waals surface area contributed by atoms with Gasteiger partial charge in [0.25, 0.3) is 0 Å². The molecule has 1 unspecified atom stereocenters. The third-order valence-corrected chi connectivity index (χ3v) is 6.43. The molecule has 1 aromatic heterocycles. The fourth-order valence-corrected chi connectivity index (χ4v) is 4.70. The van der Waals surface area contributed by atoms with Gasteiger partial charge in [0.15, 0.2) is 5.06 Å². The molecular weight excluding hydrogens is 398 g/mol. The largest absolute Gasteiger partial charge is 0.480 e. The number of carbonyl (C=O) groups excluding carboxylic acids is 1. The van der Waals surface area contributed by atoms with Gasteiger partial charge in [0.05, 0.1) is 0 Å². The lowest BCUT2D eigenvalue weighted by molar-refractivity contribution is -0.152. The molecule has 0 radical (unpaired) electrons. The van der Waals surface area contributed by atoms with Crippen molar-refractivity contribution in [2.24, 2.45) is 0 Å². The number of esters is 1. The third-order valence-electron chi connectivity index (χ3n) is 4.98. The summed E-state index contributed by atoms with van der Waals surface area (Å²) in [6, 6.07) is 8.88. The molecule has 1 atom stereocenters. The van der Waals surface area contributed by atoms with Gasteiger partial charge in [-0.15, -0.1) is 11.3 Å². The number of nitrogens with zero attached hydrogens (tertiary/aromatic N) is 1. The van der Waals surface area contributed by atoms with Crippen LogP contribution in [0.4, 0.5) is 0 Å². The van der Waals surface area contributed by atoms with E-state index in [0.717, 1.165) is 16.9 Å². The van der Waals surface area contributed by atoms with Crippen LogP contribution in [0.15, 0.2) is 42.5 Å². The fraction of sp³-hybridized carbons (Fsp3) is 0.333. The summed E-state index contributed by atoms with van der Waals surface area (Å²) in [6.45, 7) is 4.65. The van der Waals surface area contributed by atoms with Gasteiger partial charge in [0.2, 0.25) is 0 Å². The van der Waals surface area contributed by atoms with Gasteiger partial charge in [-0.1, -0.05) is 42.8 Å². The first-order valence-corrected chi connectivity index (χ1v) is 10.3. The van der Waals surface area contributed by atoms with Crippen LogP contribution in [0, 0.1) is 0 Å². The summed E-state index contributed by atoms with van der Waals surface area (Å²) >= 11 is 7.76. The van der Waals surface area contributed by atoms with E-state index in [4.69, 9.17) is 16.3 Å². The molecule has 2 heterocycles. The second-order valence-electron chi connectivity index (χ2n) is 6.77. The lowest BCUT2D eigenvalue weighted by Gasteiger charge is -2.40. The van der Waals surface area contributed by atoms with E-state index >= 15 is 0 Å². The Kier molecular flexibility index (Phi) is 6.23. The van der Waals surface area contributed by atoms with Crippen molar-refractivity contribution in [1.29, 1.82) is 0 Å². The zero-order chi connectivity index (χ0) is 20.3. The topological polar surface area (TPSA) is 66.8 Å². The van der Waals surface area contributed by atoms with Crippen LogP contribution in [0.5, 0.6) is 5.06 Å². The number of hydrogen-bond acceptors (Lipinski definition) is 5. The van der Waals surface area contributed by atoms with Crippen molar-refractivity contribution in [2.45, 2.75) is 38.8 Å². The summed E-state index contributed by atoms with van der Waals surface area (Å²) in [5, 5.41) is 11.0. The lowest BCUT2D eigenvalue weighted by Crippen LogP contribution is -2.51. The van der Waals surface area contributed by atoms with Crippen LogP contribution < -0.4 is 4.74 Å². The number of benzene rings is 1. The van der Waals surface area contributed by atoms with Crippen LogP contribution in [-0.4, -0.2) is 28.5 Å². The molecule has 148 valence electrons. The molecule has 1 N–H and O–H groups in total. The van der Waals surface area contributed by atoms with Crippen LogP contribution in [0.25, 0.3) is 0 Å². The second-order valence-corrected chi connectivity index (χ2v) is 8.28. The Morgan fingerprint density at radius 1 is 1.39 bits per heavy atom. The van der Waals surface area contributed by atoms with Gasteiger partial charge >= 0.3 is 11.9 Å². The van der Waals surface area contributed by atoms with Crippen LogP contribution in [0.3, 0.4) is 0 Å².